The van der Waals surface area contributed by atoms with Crippen LogP contribution in [0.15, 0.2) is 46.0 Å². The molecule has 0 amide bonds. The molecule has 1 fully saturated rings. The van der Waals surface area contributed by atoms with E-state index in [9.17, 15) is 0 Å². The summed E-state index contributed by atoms with van der Waals surface area (Å²) in [6, 6.07) is 9.86. The van der Waals surface area contributed by atoms with Gasteiger partial charge in [-0.3, -0.25) is 4.99 Å². The van der Waals surface area contributed by atoms with Gasteiger partial charge in [0.1, 0.15) is 6.26 Å². The van der Waals surface area contributed by atoms with E-state index in [-0.39, 0.29) is 24.0 Å². The standard InChI is InChI=1S/C20H28N4O3.HI/c1-21-20(22-10-5-11-26-18-8-12-25-13-9-18)23-14-17-15-27-19(24-17)16-6-3-2-4-7-16;/h2-4,6-7,15,18H,5,8-14H2,1H3,(H2,21,22,23);1H. The predicted molar refractivity (Wildman–Crippen MR) is 120 cm³/mol. The van der Waals surface area contributed by atoms with E-state index in [0.29, 0.717) is 18.5 Å². The van der Waals surface area contributed by atoms with Crippen molar-refractivity contribution in [2.24, 2.45) is 4.99 Å². The second kappa shape index (κ2) is 12.7. The van der Waals surface area contributed by atoms with Gasteiger partial charge in [-0.25, -0.2) is 4.98 Å². The van der Waals surface area contributed by atoms with Crippen LogP contribution >= 0.6 is 24.0 Å². The minimum Gasteiger partial charge on any atom is -0.444 e. The Hall–Kier alpha value is -1.65. The first kappa shape index (κ1) is 22.6. The van der Waals surface area contributed by atoms with Crippen molar-refractivity contribution in [1.29, 1.82) is 0 Å². The van der Waals surface area contributed by atoms with Gasteiger partial charge in [0.2, 0.25) is 5.89 Å². The smallest absolute Gasteiger partial charge is 0.226 e. The van der Waals surface area contributed by atoms with Crippen molar-refractivity contribution in [3.63, 3.8) is 0 Å². The van der Waals surface area contributed by atoms with Crippen LogP contribution in [0.25, 0.3) is 11.5 Å². The maximum atomic E-state index is 5.87. The molecule has 2 heterocycles. The maximum Gasteiger partial charge on any atom is 0.226 e. The van der Waals surface area contributed by atoms with Gasteiger partial charge in [-0.2, -0.15) is 0 Å². The lowest BCUT2D eigenvalue weighted by Crippen LogP contribution is -2.37. The summed E-state index contributed by atoms with van der Waals surface area (Å²) in [5.74, 6) is 1.37. The van der Waals surface area contributed by atoms with Crippen molar-refractivity contribution < 1.29 is 13.9 Å². The summed E-state index contributed by atoms with van der Waals surface area (Å²) in [4.78, 5) is 8.74. The number of oxazole rings is 1. The molecule has 8 heteroatoms. The largest absolute Gasteiger partial charge is 0.444 e. The quantitative estimate of drug-likeness (QED) is 0.251. The van der Waals surface area contributed by atoms with Crippen molar-refractivity contribution in [3.8, 4) is 11.5 Å². The summed E-state index contributed by atoms with van der Waals surface area (Å²) in [5.41, 5.74) is 1.80. The zero-order valence-electron chi connectivity index (χ0n) is 16.2. The summed E-state index contributed by atoms with van der Waals surface area (Å²) >= 11 is 0. The number of hydrogen-bond donors (Lipinski definition) is 2. The molecule has 28 heavy (non-hydrogen) atoms. The molecule has 2 aromatic rings. The Morgan fingerprint density at radius 1 is 1.21 bits per heavy atom. The lowest BCUT2D eigenvalue weighted by atomic mass is 10.1. The van der Waals surface area contributed by atoms with Crippen molar-refractivity contribution in [2.45, 2.75) is 31.9 Å². The highest BCUT2D eigenvalue weighted by Crippen LogP contribution is 2.17. The van der Waals surface area contributed by atoms with Crippen molar-refractivity contribution in [3.05, 3.63) is 42.3 Å². The average molecular weight is 500 g/mol. The number of hydrogen-bond acceptors (Lipinski definition) is 5. The number of aromatic nitrogens is 1. The van der Waals surface area contributed by atoms with E-state index in [0.717, 1.165) is 62.8 Å². The van der Waals surface area contributed by atoms with Crippen molar-refractivity contribution >= 4 is 29.9 Å². The molecule has 154 valence electrons. The Morgan fingerprint density at radius 2 is 2.00 bits per heavy atom. The second-order valence-electron chi connectivity index (χ2n) is 6.40. The fraction of sp³-hybridized carbons (Fsp3) is 0.500. The molecule has 1 saturated heterocycles. The molecule has 0 atom stereocenters. The van der Waals surface area contributed by atoms with E-state index in [4.69, 9.17) is 13.9 Å². The topological polar surface area (TPSA) is 80.9 Å². The minimum absolute atomic E-state index is 0. The van der Waals surface area contributed by atoms with E-state index in [1.807, 2.05) is 30.3 Å². The fourth-order valence-corrected chi connectivity index (χ4v) is 2.87. The van der Waals surface area contributed by atoms with Gasteiger partial charge in [0.15, 0.2) is 5.96 Å². The zero-order chi connectivity index (χ0) is 18.7. The third-order valence-electron chi connectivity index (χ3n) is 4.37. The first-order chi connectivity index (χ1) is 13.3. The molecule has 1 aromatic heterocycles. The normalized spacial score (nSPS) is 15.1. The lowest BCUT2D eigenvalue weighted by Gasteiger charge is -2.22. The van der Waals surface area contributed by atoms with Crippen molar-refractivity contribution in [2.75, 3.05) is 33.4 Å². The minimum atomic E-state index is 0. The third kappa shape index (κ3) is 7.40. The van der Waals surface area contributed by atoms with E-state index in [1.165, 1.54) is 0 Å². The Balaban J connectivity index is 0.00000280. The molecule has 0 saturated carbocycles. The molecule has 1 aromatic carbocycles. The van der Waals surface area contributed by atoms with Gasteiger partial charge >= 0.3 is 0 Å². The van der Waals surface area contributed by atoms with Crippen LogP contribution in [-0.4, -0.2) is 50.5 Å². The van der Waals surface area contributed by atoms with Crippen LogP contribution in [0.4, 0.5) is 0 Å². The molecule has 0 bridgehead atoms. The van der Waals surface area contributed by atoms with Crippen LogP contribution in [0.2, 0.25) is 0 Å². The predicted octanol–water partition coefficient (Wildman–Crippen LogP) is 3.21. The van der Waals surface area contributed by atoms with Gasteiger partial charge in [-0.15, -0.1) is 24.0 Å². The summed E-state index contributed by atoms with van der Waals surface area (Å²) in [7, 11) is 1.76. The maximum absolute atomic E-state index is 5.87. The number of benzene rings is 1. The Kier molecular flexibility index (Phi) is 10.3. The Morgan fingerprint density at radius 3 is 2.75 bits per heavy atom. The third-order valence-corrected chi connectivity index (χ3v) is 4.37. The fourth-order valence-electron chi connectivity index (χ4n) is 2.87. The van der Waals surface area contributed by atoms with Gasteiger partial charge in [-0.05, 0) is 31.4 Å². The molecular weight excluding hydrogens is 471 g/mol. The molecule has 1 aliphatic heterocycles. The number of ether oxygens (including phenoxy) is 2. The highest BCUT2D eigenvalue weighted by atomic mass is 127. The van der Waals surface area contributed by atoms with Gasteiger partial charge in [0.05, 0.1) is 18.3 Å². The number of nitrogens with one attached hydrogen (secondary N) is 2. The molecule has 1 aliphatic rings. The summed E-state index contributed by atoms with van der Waals surface area (Å²) in [5, 5.41) is 6.54. The molecule has 0 radical (unpaired) electrons. The lowest BCUT2D eigenvalue weighted by molar-refractivity contribution is -0.0320. The highest BCUT2D eigenvalue weighted by Gasteiger charge is 2.13. The van der Waals surface area contributed by atoms with Gasteiger partial charge in [0, 0.05) is 39.0 Å². The second-order valence-corrected chi connectivity index (χ2v) is 6.40. The van der Waals surface area contributed by atoms with Crippen molar-refractivity contribution in [1.82, 2.24) is 15.6 Å². The van der Waals surface area contributed by atoms with E-state index < -0.39 is 0 Å². The van der Waals surface area contributed by atoms with Crippen LogP contribution in [0.1, 0.15) is 25.0 Å². The molecular formula is C20H29IN4O3. The average Bonchev–Trinajstić information content (AvgIpc) is 3.20. The zero-order valence-corrected chi connectivity index (χ0v) is 18.6. The first-order valence-electron chi connectivity index (χ1n) is 9.49. The highest BCUT2D eigenvalue weighted by molar-refractivity contribution is 14.0. The monoisotopic (exact) mass is 500 g/mol. The van der Waals surface area contributed by atoms with Crippen LogP contribution in [0, 0.1) is 0 Å². The summed E-state index contributed by atoms with van der Waals surface area (Å²) in [6.45, 7) is 3.73. The molecule has 0 aliphatic carbocycles. The van der Waals surface area contributed by atoms with Crippen LogP contribution in [0.5, 0.6) is 0 Å². The number of nitrogens with zero attached hydrogens (tertiary/aromatic N) is 2. The van der Waals surface area contributed by atoms with Crippen LogP contribution in [-0.2, 0) is 16.0 Å². The summed E-state index contributed by atoms with van der Waals surface area (Å²) < 4.78 is 16.8. The number of rotatable bonds is 8. The summed E-state index contributed by atoms with van der Waals surface area (Å²) in [6.07, 6.45) is 4.95. The van der Waals surface area contributed by atoms with E-state index in [2.05, 4.69) is 20.6 Å². The molecule has 7 nitrogen and oxygen atoms in total. The van der Waals surface area contributed by atoms with Gasteiger partial charge < -0.3 is 24.5 Å². The first-order valence-corrected chi connectivity index (χ1v) is 9.49. The molecule has 3 rings (SSSR count). The van der Waals surface area contributed by atoms with Crippen LogP contribution < -0.4 is 10.6 Å². The van der Waals surface area contributed by atoms with Gasteiger partial charge in [0.25, 0.3) is 0 Å². The van der Waals surface area contributed by atoms with Gasteiger partial charge in [-0.1, -0.05) is 18.2 Å². The van der Waals surface area contributed by atoms with E-state index >= 15 is 0 Å². The number of aliphatic imine (C=N–C) groups is 1. The molecule has 0 spiro atoms. The molecule has 2 N–H and O–H groups in total. The molecule has 0 unspecified atom stereocenters. The van der Waals surface area contributed by atoms with Crippen LogP contribution in [0.3, 0.4) is 0 Å². The van der Waals surface area contributed by atoms with E-state index in [1.54, 1.807) is 13.3 Å². The number of guanidine groups is 1. The number of halogens is 1. The Bertz CT molecular complexity index is 702. The SMILES string of the molecule is CN=C(NCCCOC1CCOCC1)NCc1coc(-c2ccccc2)n1.I. The Labute approximate surface area is 183 Å².